The number of fused-ring (bicyclic) bond motifs is 1. The molecule has 0 aliphatic heterocycles. The predicted octanol–water partition coefficient (Wildman–Crippen LogP) is 4.60. The maximum absolute atomic E-state index is 10.2. The zero-order valence-corrected chi connectivity index (χ0v) is 12.8. The molecule has 0 spiro atoms. The lowest BCUT2D eigenvalue weighted by atomic mass is 9.84. The van der Waals surface area contributed by atoms with Crippen LogP contribution in [0.1, 0.15) is 44.6 Å². The number of benzene rings is 2. The Labute approximate surface area is 127 Å². The van der Waals surface area contributed by atoms with Gasteiger partial charge in [-0.05, 0) is 48.4 Å². The van der Waals surface area contributed by atoms with Crippen LogP contribution in [0.5, 0.6) is 5.75 Å². The minimum atomic E-state index is 0.406. The first kappa shape index (κ1) is 14.4. The van der Waals surface area contributed by atoms with Crippen molar-refractivity contribution in [2.75, 3.05) is 0 Å². The van der Waals surface area contributed by atoms with Gasteiger partial charge in [-0.3, -0.25) is 0 Å². The first-order chi connectivity index (χ1) is 10.3. The van der Waals surface area contributed by atoms with Crippen molar-refractivity contribution in [2.24, 2.45) is 5.92 Å². The van der Waals surface area contributed by atoms with Crippen LogP contribution in [-0.4, -0.2) is 11.1 Å². The summed E-state index contributed by atoms with van der Waals surface area (Å²) in [5, 5.41) is 16.2. The quantitative estimate of drug-likeness (QED) is 0.859. The van der Waals surface area contributed by atoms with Crippen LogP contribution < -0.4 is 5.32 Å². The largest absolute Gasteiger partial charge is 0.508 e. The highest BCUT2D eigenvalue weighted by molar-refractivity contribution is 5.87. The van der Waals surface area contributed by atoms with E-state index in [0.29, 0.717) is 11.8 Å². The van der Waals surface area contributed by atoms with E-state index in [9.17, 15) is 5.11 Å². The number of phenols is 1. The first-order valence-corrected chi connectivity index (χ1v) is 8.21. The Kier molecular flexibility index (Phi) is 4.45. The third kappa shape index (κ3) is 3.21. The number of nitrogens with one attached hydrogen (secondary N) is 1. The number of hydrogen-bond acceptors (Lipinski definition) is 2. The highest BCUT2D eigenvalue weighted by Crippen LogP contribution is 2.29. The van der Waals surface area contributed by atoms with E-state index in [1.807, 2.05) is 24.3 Å². The molecule has 0 atom stereocenters. The number of phenolic OH excluding ortho intramolecular Hbond substituents is 1. The Bertz CT molecular complexity index is 600. The minimum Gasteiger partial charge on any atom is -0.508 e. The van der Waals surface area contributed by atoms with Crippen LogP contribution in [0.2, 0.25) is 0 Å². The molecule has 2 heteroatoms. The monoisotopic (exact) mass is 283 g/mol. The van der Waals surface area contributed by atoms with E-state index < -0.39 is 0 Å². The van der Waals surface area contributed by atoms with Crippen molar-refractivity contribution in [3.63, 3.8) is 0 Å². The molecule has 1 aliphatic carbocycles. The van der Waals surface area contributed by atoms with Gasteiger partial charge in [0.1, 0.15) is 5.75 Å². The van der Waals surface area contributed by atoms with E-state index in [1.165, 1.54) is 37.5 Å². The summed E-state index contributed by atoms with van der Waals surface area (Å²) in [5.74, 6) is 1.33. The van der Waals surface area contributed by atoms with Gasteiger partial charge in [0.05, 0.1) is 0 Å². The molecule has 2 aromatic rings. The summed E-state index contributed by atoms with van der Waals surface area (Å²) in [6.45, 7) is 3.06. The zero-order chi connectivity index (χ0) is 14.7. The third-order valence-electron chi connectivity index (χ3n) is 5.01. The van der Waals surface area contributed by atoms with Gasteiger partial charge < -0.3 is 10.4 Å². The normalized spacial score (nSPS) is 22.5. The molecule has 2 N–H and O–H groups in total. The summed E-state index contributed by atoms with van der Waals surface area (Å²) in [6.07, 6.45) is 6.54. The smallest absolute Gasteiger partial charge is 0.120 e. The van der Waals surface area contributed by atoms with Gasteiger partial charge >= 0.3 is 0 Å². The van der Waals surface area contributed by atoms with Gasteiger partial charge in [-0.25, -0.2) is 0 Å². The summed E-state index contributed by atoms with van der Waals surface area (Å²) in [4.78, 5) is 0. The van der Waals surface area contributed by atoms with Crippen molar-refractivity contribution >= 4 is 10.8 Å². The second-order valence-corrected chi connectivity index (χ2v) is 6.29. The van der Waals surface area contributed by atoms with Gasteiger partial charge in [0.25, 0.3) is 0 Å². The molecule has 1 fully saturated rings. The van der Waals surface area contributed by atoms with Gasteiger partial charge in [-0.15, -0.1) is 0 Å². The standard InChI is InChI=1S/C19H25NO/c1-2-14-7-10-16(11-8-14)20-13-18-17-6-4-3-5-15(17)9-12-19(18)21/h3-6,9,12,14,16,20-21H,2,7-8,10-11,13H2,1H3. The van der Waals surface area contributed by atoms with Crippen LogP contribution in [-0.2, 0) is 6.54 Å². The Balaban J connectivity index is 1.69. The first-order valence-electron chi connectivity index (χ1n) is 8.21. The lowest BCUT2D eigenvalue weighted by Crippen LogP contribution is -2.32. The van der Waals surface area contributed by atoms with Gasteiger partial charge in [0.2, 0.25) is 0 Å². The molecule has 1 aliphatic rings. The van der Waals surface area contributed by atoms with E-state index in [4.69, 9.17) is 0 Å². The second kappa shape index (κ2) is 6.48. The lowest BCUT2D eigenvalue weighted by Gasteiger charge is -2.28. The molecule has 0 bridgehead atoms. The SMILES string of the molecule is CCC1CCC(NCc2c(O)ccc3ccccc23)CC1. The molecule has 0 unspecified atom stereocenters. The number of hydrogen-bond donors (Lipinski definition) is 2. The fourth-order valence-electron chi connectivity index (χ4n) is 3.53. The van der Waals surface area contributed by atoms with E-state index in [-0.39, 0.29) is 0 Å². The van der Waals surface area contributed by atoms with E-state index in [2.05, 4.69) is 24.4 Å². The minimum absolute atomic E-state index is 0.406. The van der Waals surface area contributed by atoms with Crippen LogP contribution >= 0.6 is 0 Å². The average Bonchev–Trinajstić information content (AvgIpc) is 2.54. The summed E-state index contributed by atoms with van der Waals surface area (Å²) < 4.78 is 0. The molecule has 2 nitrogen and oxygen atoms in total. The fraction of sp³-hybridized carbons (Fsp3) is 0.474. The predicted molar refractivity (Wildman–Crippen MR) is 88.5 cm³/mol. The van der Waals surface area contributed by atoms with Gasteiger partial charge in [-0.1, -0.05) is 43.7 Å². The maximum Gasteiger partial charge on any atom is 0.120 e. The van der Waals surface area contributed by atoms with Crippen molar-refractivity contribution in [2.45, 2.75) is 51.6 Å². The Hall–Kier alpha value is -1.54. The highest BCUT2D eigenvalue weighted by atomic mass is 16.3. The molecular formula is C19H25NO. The number of aromatic hydroxyl groups is 1. The second-order valence-electron chi connectivity index (χ2n) is 6.29. The topological polar surface area (TPSA) is 32.3 Å². The fourth-order valence-corrected chi connectivity index (χ4v) is 3.53. The molecule has 0 aromatic heterocycles. The van der Waals surface area contributed by atoms with Crippen LogP contribution in [0.15, 0.2) is 36.4 Å². The van der Waals surface area contributed by atoms with Crippen molar-refractivity contribution in [3.05, 3.63) is 42.0 Å². The summed E-state index contributed by atoms with van der Waals surface area (Å²) in [7, 11) is 0. The molecule has 1 saturated carbocycles. The average molecular weight is 283 g/mol. The molecule has 112 valence electrons. The lowest BCUT2D eigenvalue weighted by molar-refractivity contribution is 0.284. The van der Waals surface area contributed by atoms with Crippen molar-refractivity contribution in [1.82, 2.24) is 5.32 Å². The number of rotatable bonds is 4. The maximum atomic E-state index is 10.2. The van der Waals surface area contributed by atoms with E-state index in [1.54, 1.807) is 0 Å². The van der Waals surface area contributed by atoms with E-state index >= 15 is 0 Å². The summed E-state index contributed by atoms with van der Waals surface area (Å²) >= 11 is 0. The zero-order valence-electron chi connectivity index (χ0n) is 12.8. The molecule has 2 aromatic carbocycles. The van der Waals surface area contributed by atoms with Crippen LogP contribution in [0, 0.1) is 5.92 Å². The highest BCUT2D eigenvalue weighted by Gasteiger charge is 2.19. The van der Waals surface area contributed by atoms with Gasteiger partial charge in [-0.2, -0.15) is 0 Å². The van der Waals surface area contributed by atoms with Gasteiger partial charge in [0, 0.05) is 18.2 Å². The molecule has 21 heavy (non-hydrogen) atoms. The van der Waals surface area contributed by atoms with Crippen LogP contribution in [0.25, 0.3) is 10.8 Å². The third-order valence-corrected chi connectivity index (χ3v) is 5.01. The summed E-state index contributed by atoms with van der Waals surface area (Å²) in [6, 6.07) is 12.7. The molecule has 3 rings (SSSR count). The van der Waals surface area contributed by atoms with Gasteiger partial charge in [0.15, 0.2) is 0 Å². The molecular weight excluding hydrogens is 258 g/mol. The Morgan fingerprint density at radius 1 is 1.05 bits per heavy atom. The van der Waals surface area contributed by atoms with Crippen molar-refractivity contribution < 1.29 is 5.11 Å². The molecule has 0 saturated heterocycles. The molecule has 0 heterocycles. The summed E-state index contributed by atoms with van der Waals surface area (Å²) in [5.41, 5.74) is 1.03. The van der Waals surface area contributed by atoms with Crippen molar-refractivity contribution in [3.8, 4) is 5.75 Å². The van der Waals surface area contributed by atoms with Crippen LogP contribution in [0.4, 0.5) is 0 Å². The van der Waals surface area contributed by atoms with Crippen molar-refractivity contribution in [1.29, 1.82) is 0 Å². The Morgan fingerprint density at radius 2 is 1.81 bits per heavy atom. The molecule has 0 radical (unpaired) electrons. The van der Waals surface area contributed by atoms with E-state index in [0.717, 1.165) is 23.4 Å². The Morgan fingerprint density at radius 3 is 2.57 bits per heavy atom. The molecule has 0 amide bonds. The van der Waals surface area contributed by atoms with Crippen LogP contribution in [0.3, 0.4) is 0 Å².